The molecule has 1 amide bonds. The SMILES string of the molecule is Cc1ccc(NC(=O)/C=C/c2ccc(C)o2)c(Cl)c1. The van der Waals surface area contributed by atoms with Gasteiger partial charge in [-0.15, -0.1) is 0 Å². The largest absolute Gasteiger partial charge is 0.462 e. The predicted octanol–water partition coefficient (Wildman–Crippen LogP) is 4.20. The lowest BCUT2D eigenvalue weighted by molar-refractivity contribution is -0.111. The number of carbonyl (C=O) groups is 1. The second-order valence-corrected chi connectivity index (χ2v) is 4.66. The van der Waals surface area contributed by atoms with Crippen LogP contribution in [0, 0.1) is 13.8 Å². The Bertz CT molecular complexity index is 629. The van der Waals surface area contributed by atoms with Gasteiger partial charge in [-0.1, -0.05) is 17.7 Å². The number of furan rings is 1. The summed E-state index contributed by atoms with van der Waals surface area (Å²) in [4.78, 5) is 11.7. The fourth-order valence-corrected chi connectivity index (χ4v) is 1.88. The standard InChI is InChI=1S/C15H14ClNO2/c1-10-3-7-14(13(16)9-10)17-15(18)8-6-12-5-4-11(2)19-12/h3-9H,1-2H3,(H,17,18)/b8-6+. The maximum Gasteiger partial charge on any atom is 0.248 e. The van der Waals surface area contributed by atoms with Gasteiger partial charge < -0.3 is 9.73 Å². The summed E-state index contributed by atoms with van der Waals surface area (Å²) in [5.41, 5.74) is 1.64. The van der Waals surface area contributed by atoms with Crippen molar-refractivity contribution < 1.29 is 9.21 Å². The third-order valence-electron chi connectivity index (χ3n) is 2.54. The average molecular weight is 276 g/mol. The first-order chi connectivity index (χ1) is 9.04. The highest BCUT2D eigenvalue weighted by Gasteiger charge is 2.03. The third-order valence-corrected chi connectivity index (χ3v) is 2.86. The molecule has 0 saturated carbocycles. The first-order valence-corrected chi connectivity index (χ1v) is 6.24. The van der Waals surface area contributed by atoms with E-state index in [1.54, 1.807) is 24.3 Å². The van der Waals surface area contributed by atoms with Crippen molar-refractivity contribution in [2.75, 3.05) is 5.32 Å². The Labute approximate surface area is 116 Å². The molecule has 1 N–H and O–H groups in total. The van der Waals surface area contributed by atoms with Gasteiger partial charge in [0.15, 0.2) is 0 Å². The van der Waals surface area contributed by atoms with Crippen LogP contribution < -0.4 is 5.32 Å². The summed E-state index contributed by atoms with van der Waals surface area (Å²) in [6.07, 6.45) is 3.03. The molecule has 0 aliphatic heterocycles. The van der Waals surface area contributed by atoms with Gasteiger partial charge in [-0.2, -0.15) is 0 Å². The van der Waals surface area contributed by atoms with E-state index in [-0.39, 0.29) is 5.91 Å². The molecule has 19 heavy (non-hydrogen) atoms. The zero-order chi connectivity index (χ0) is 13.8. The van der Waals surface area contributed by atoms with Crippen LogP contribution in [0.3, 0.4) is 0 Å². The molecule has 1 aromatic heterocycles. The Morgan fingerprint density at radius 1 is 1.26 bits per heavy atom. The maximum absolute atomic E-state index is 11.7. The van der Waals surface area contributed by atoms with E-state index in [0.29, 0.717) is 16.5 Å². The van der Waals surface area contributed by atoms with Crippen molar-refractivity contribution in [1.29, 1.82) is 0 Å². The van der Waals surface area contributed by atoms with Crippen molar-refractivity contribution in [3.63, 3.8) is 0 Å². The molecule has 0 aliphatic carbocycles. The molecule has 3 nitrogen and oxygen atoms in total. The first-order valence-electron chi connectivity index (χ1n) is 5.86. The minimum Gasteiger partial charge on any atom is -0.462 e. The highest BCUT2D eigenvalue weighted by Crippen LogP contribution is 2.22. The van der Waals surface area contributed by atoms with E-state index in [4.69, 9.17) is 16.0 Å². The molecule has 2 aromatic rings. The van der Waals surface area contributed by atoms with E-state index in [2.05, 4.69) is 5.32 Å². The van der Waals surface area contributed by atoms with E-state index in [1.807, 2.05) is 26.0 Å². The molecule has 2 rings (SSSR count). The minimum atomic E-state index is -0.250. The molecule has 0 aliphatic rings. The number of carbonyl (C=O) groups excluding carboxylic acids is 1. The minimum absolute atomic E-state index is 0.250. The van der Waals surface area contributed by atoms with E-state index in [9.17, 15) is 4.79 Å². The van der Waals surface area contributed by atoms with E-state index < -0.39 is 0 Å². The summed E-state index contributed by atoms with van der Waals surface area (Å²) in [7, 11) is 0. The van der Waals surface area contributed by atoms with Crippen molar-refractivity contribution >= 4 is 29.3 Å². The second-order valence-electron chi connectivity index (χ2n) is 4.25. The number of aryl methyl sites for hydroxylation is 2. The first kappa shape index (κ1) is 13.4. The predicted molar refractivity (Wildman–Crippen MR) is 77.3 cm³/mol. The van der Waals surface area contributed by atoms with Gasteiger partial charge in [-0.25, -0.2) is 0 Å². The van der Waals surface area contributed by atoms with Crippen LogP contribution in [0.15, 0.2) is 40.8 Å². The number of nitrogens with one attached hydrogen (secondary N) is 1. The quantitative estimate of drug-likeness (QED) is 0.853. The summed E-state index contributed by atoms with van der Waals surface area (Å²) in [5, 5.41) is 3.24. The van der Waals surface area contributed by atoms with Gasteiger partial charge in [0.25, 0.3) is 0 Å². The lowest BCUT2D eigenvalue weighted by Crippen LogP contribution is -2.08. The molecule has 98 valence electrons. The van der Waals surface area contributed by atoms with E-state index in [0.717, 1.165) is 11.3 Å². The Morgan fingerprint density at radius 3 is 2.68 bits per heavy atom. The maximum atomic E-state index is 11.7. The van der Waals surface area contributed by atoms with Crippen molar-refractivity contribution in [3.8, 4) is 0 Å². The van der Waals surface area contributed by atoms with Gasteiger partial charge >= 0.3 is 0 Å². The summed E-state index contributed by atoms with van der Waals surface area (Å²) < 4.78 is 5.33. The van der Waals surface area contributed by atoms with Crippen molar-refractivity contribution in [3.05, 3.63) is 58.5 Å². The van der Waals surface area contributed by atoms with Crippen LogP contribution in [0.25, 0.3) is 6.08 Å². The summed E-state index contributed by atoms with van der Waals surface area (Å²) in [6.45, 7) is 3.79. The van der Waals surface area contributed by atoms with Gasteiger partial charge in [-0.3, -0.25) is 4.79 Å². The number of rotatable bonds is 3. The lowest BCUT2D eigenvalue weighted by atomic mass is 10.2. The zero-order valence-corrected chi connectivity index (χ0v) is 11.5. The zero-order valence-electron chi connectivity index (χ0n) is 10.7. The van der Waals surface area contributed by atoms with Crippen LogP contribution in [0.5, 0.6) is 0 Å². The summed E-state index contributed by atoms with van der Waals surface area (Å²) in [5.74, 6) is 1.20. The highest BCUT2D eigenvalue weighted by atomic mass is 35.5. The number of benzene rings is 1. The van der Waals surface area contributed by atoms with Crippen LogP contribution in [-0.4, -0.2) is 5.91 Å². The fourth-order valence-electron chi connectivity index (χ4n) is 1.60. The normalized spacial score (nSPS) is 10.9. The average Bonchev–Trinajstić information content (AvgIpc) is 2.76. The Kier molecular flexibility index (Phi) is 4.07. The van der Waals surface area contributed by atoms with Gasteiger partial charge in [0, 0.05) is 6.08 Å². The number of halogens is 1. The molecular weight excluding hydrogens is 262 g/mol. The molecule has 1 heterocycles. The molecule has 0 atom stereocenters. The smallest absolute Gasteiger partial charge is 0.248 e. The molecule has 4 heteroatoms. The molecular formula is C15H14ClNO2. The van der Waals surface area contributed by atoms with Crippen molar-refractivity contribution in [1.82, 2.24) is 0 Å². The van der Waals surface area contributed by atoms with Crippen molar-refractivity contribution in [2.45, 2.75) is 13.8 Å². The number of hydrogen-bond acceptors (Lipinski definition) is 2. The molecule has 0 bridgehead atoms. The fraction of sp³-hybridized carbons (Fsp3) is 0.133. The van der Waals surface area contributed by atoms with E-state index >= 15 is 0 Å². The van der Waals surface area contributed by atoms with Crippen LogP contribution in [0.4, 0.5) is 5.69 Å². The van der Waals surface area contributed by atoms with Crippen LogP contribution in [0.1, 0.15) is 17.1 Å². The van der Waals surface area contributed by atoms with Gasteiger partial charge in [0.1, 0.15) is 11.5 Å². The van der Waals surface area contributed by atoms with Gasteiger partial charge in [-0.05, 0) is 49.8 Å². The monoisotopic (exact) mass is 275 g/mol. The highest BCUT2D eigenvalue weighted by molar-refractivity contribution is 6.33. The Hall–Kier alpha value is -2.00. The van der Waals surface area contributed by atoms with Crippen molar-refractivity contribution in [2.24, 2.45) is 0 Å². The number of hydrogen-bond donors (Lipinski definition) is 1. The molecule has 0 radical (unpaired) electrons. The molecule has 0 unspecified atom stereocenters. The summed E-state index contributed by atoms with van der Waals surface area (Å²) >= 11 is 6.04. The molecule has 1 aromatic carbocycles. The molecule has 0 fully saturated rings. The van der Waals surface area contributed by atoms with Crippen LogP contribution >= 0.6 is 11.6 Å². The van der Waals surface area contributed by atoms with E-state index in [1.165, 1.54) is 6.08 Å². The Morgan fingerprint density at radius 2 is 2.05 bits per heavy atom. The lowest BCUT2D eigenvalue weighted by Gasteiger charge is -2.05. The van der Waals surface area contributed by atoms with Crippen LogP contribution in [-0.2, 0) is 4.79 Å². The topological polar surface area (TPSA) is 42.2 Å². The molecule has 0 spiro atoms. The third kappa shape index (κ3) is 3.73. The number of anilines is 1. The Balaban J connectivity index is 2.03. The van der Waals surface area contributed by atoms with Gasteiger partial charge in [0.2, 0.25) is 5.91 Å². The molecule has 0 saturated heterocycles. The van der Waals surface area contributed by atoms with Crippen LogP contribution in [0.2, 0.25) is 5.02 Å². The summed E-state index contributed by atoms with van der Waals surface area (Å²) in [6, 6.07) is 9.12. The van der Waals surface area contributed by atoms with Gasteiger partial charge in [0.05, 0.1) is 10.7 Å². The second kappa shape index (κ2) is 5.76. The number of amides is 1.